The van der Waals surface area contributed by atoms with E-state index in [4.69, 9.17) is 4.74 Å². The predicted octanol–water partition coefficient (Wildman–Crippen LogP) is 8.11. The van der Waals surface area contributed by atoms with E-state index in [1.807, 2.05) is 0 Å². The number of ether oxygens (including phenoxy) is 1. The van der Waals surface area contributed by atoms with Gasteiger partial charge in [-0.25, -0.2) is 0 Å². The number of esters is 1. The van der Waals surface area contributed by atoms with Crippen LogP contribution in [0.3, 0.4) is 0 Å². The monoisotopic (exact) mass is 444 g/mol. The topological polar surface area (TPSA) is 26.3 Å². The summed E-state index contributed by atoms with van der Waals surface area (Å²) in [6.45, 7) is 6.15. The van der Waals surface area contributed by atoms with Gasteiger partial charge in [-0.1, -0.05) is 98.5 Å². The van der Waals surface area contributed by atoms with Crippen LogP contribution in [0.25, 0.3) is 6.08 Å². The molecule has 0 bridgehead atoms. The molecule has 2 fully saturated rings. The Hall–Kier alpha value is -2.35. The molecule has 2 aliphatic rings. The van der Waals surface area contributed by atoms with Gasteiger partial charge in [-0.05, 0) is 67.9 Å². The normalized spacial score (nSPS) is 28.6. The van der Waals surface area contributed by atoms with Crippen molar-refractivity contribution in [1.82, 2.24) is 0 Å². The first-order valence-corrected chi connectivity index (χ1v) is 12.9. The molecule has 0 heterocycles. The third-order valence-electron chi connectivity index (χ3n) is 8.30. The van der Waals surface area contributed by atoms with Gasteiger partial charge in [0.15, 0.2) is 0 Å². The minimum Gasteiger partial charge on any atom is -0.462 e. The number of aryl methyl sites for hydroxylation is 1. The molecular formula is C31H40O2. The summed E-state index contributed by atoms with van der Waals surface area (Å²) in [4.78, 5) is 12.3. The summed E-state index contributed by atoms with van der Waals surface area (Å²) in [6, 6.07) is 19.5. The molecule has 0 aliphatic heterocycles. The maximum Gasteiger partial charge on any atom is 0.302 e. The highest BCUT2D eigenvalue weighted by atomic mass is 16.5. The Balaban J connectivity index is 1.66. The molecule has 4 rings (SSSR count). The smallest absolute Gasteiger partial charge is 0.302 e. The number of allylic oxidation sites excluding steroid dienone is 1. The second kappa shape index (κ2) is 10.7. The SMILES string of the molecule is CC(=O)OC1CC(c2ccccc2)C(C)CC1(CC=Cc1cccc(C)c1)C1CCCCC1. The lowest BCUT2D eigenvalue weighted by Crippen LogP contribution is -2.50. The van der Waals surface area contributed by atoms with Crippen LogP contribution in [0.1, 0.15) is 87.8 Å². The van der Waals surface area contributed by atoms with E-state index >= 15 is 0 Å². The van der Waals surface area contributed by atoms with Gasteiger partial charge in [0.05, 0.1) is 0 Å². The molecule has 4 unspecified atom stereocenters. The molecule has 2 nitrogen and oxygen atoms in total. The van der Waals surface area contributed by atoms with Crippen LogP contribution in [0.4, 0.5) is 0 Å². The Bertz CT molecular complexity index is 940. The largest absolute Gasteiger partial charge is 0.462 e. The molecule has 33 heavy (non-hydrogen) atoms. The summed E-state index contributed by atoms with van der Waals surface area (Å²) >= 11 is 0. The molecule has 176 valence electrons. The van der Waals surface area contributed by atoms with Crippen molar-refractivity contribution in [3.8, 4) is 0 Å². The van der Waals surface area contributed by atoms with Gasteiger partial charge < -0.3 is 4.74 Å². The molecule has 2 aromatic rings. The van der Waals surface area contributed by atoms with Crippen molar-refractivity contribution >= 4 is 12.0 Å². The number of rotatable bonds is 6. The predicted molar refractivity (Wildman–Crippen MR) is 137 cm³/mol. The van der Waals surface area contributed by atoms with Crippen molar-refractivity contribution in [2.75, 3.05) is 0 Å². The van der Waals surface area contributed by atoms with Crippen LogP contribution in [-0.2, 0) is 9.53 Å². The van der Waals surface area contributed by atoms with Gasteiger partial charge in [0.2, 0.25) is 0 Å². The molecule has 0 spiro atoms. The Morgan fingerprint density at radius 1 is 1.06 bits per heavy atom. The number of benzene rings is 2. The van der Waals surface area contributed by atoms with Gasteiger partial charge in [0, 0.05) is 12.3 Å². The van der Waals surface area contributed by atoms with E-state index in [0.29, 0.717) is 17.8 Å². The van der Waals surface area contributed by atoms with Crippen LogP contribution >= 0.6 is 0 Å². The minimum atomic E-state index is -0.135. The summed E-state index contributed by atoms with van der Waals surface area (Å²) < 4.78 is 6.21. The fourth-order valence-electron chi connectivity index (χ4n) is 6.78. The zero-order valence-electron chi connectivity index (χ0n) is 20.6. The van der Waals surface area contributed by atoms with Crippen LogP contribution in [-0.4, -0.2) is 12.1 Å². The summed E-state index contributed by atoms with van der Waals surface area (Å²) in [7, 11) is 0. The average molecular weight is 445 g/mol. The lowest BCUT2D eigenvalue weighted by Gasteiger charge is -2.53. The van der Waals surface area contributed by atoms with Gasteiger partial charge in [0.25, 0.3) is 0 Å². The fourth-order valence-corrected chi connectivity index (χ4v) is 6.78. The van der Waals surface area contributed by atoms with Crippen molar-refractivity contribution in [3.05, 3.63) is 77.4 Å². The second-order valence-electron chi connectivity index (χ2n) is 10.6. The standard InChI is InChI=1S/C31H40O2/c1-23-12-10-13-26(20-23)14-11-19-31(28-17-8-5-9-18-28)22-24(2)29(21-30(31)33-25(3)32)27-15-6-4-7-16-27/h4,6-7,10-16,20,24,28-30H,5,8-9,17-19,21-22H2,1-3H3. The van der Waals surface area contributed by atoms with E-state index in [9.17, 15) is 4.79 Å². The third-order valence-corrected chi connectivity index (χ3v) is 8.30. The van der Waals surface area contributed by atoms with E-state index in [0.717, 1.165) is 19.3 Å². The summed E-state index contributed by atoms with van der Waals surface area (Å²) in [5.41, 5.74) is 3.95. The maximum absolute atomic E-state index is 12.3. The number of carbonyl (C=O) groups excluding carboxylic acids is 1. The van der Waals surface area contributed by atoms with E-state index in [1.165, 1.54) is 48.8 Å². The van der Waals surface area contributed by atoms with Crippen LogP contribution in [0, 0.1) is 24.2 Å². The Morgan fingerprint density at radius 2 is 1.82 bits per heavy atom. The van der Waals surface area contributed by atoms with E-state index in [-0.39, 0.29) is 17.5 Å². The Kier molecular flexibility index (Phi) is 7.73. The first-order chi connectivity index (χ1) is 16.0. The van der Waals surface area contributed by atoms with Crippen molar-refractivity contribution in [3.63, 3.8) is 0 Å². The summed E-state index contributed by atoms with van der Waals surface area (Å²) in [5.74, 6) is 1.49. The molecule has 0 aromatic heterocycles. The molecule has 2 aromatic carbocycles. The second-order valence-corrected chi connectivity index (χ2v) is 10.6. The zero-order valence-corrected chi connectivity index (χ0v) is 20.6. The lowest BCUT2D eigenvalue weighted by molar-refractivity contribution is -0.166. The summed E-state index contributed by atoms with van der Waals surface area (Å²) in [6.07, 6.45) is 14.1. The molecule has 0 radical (unpaired) electrons. The first kappa shape index (κ1) is 23.8. The average Bonchev–Trinajstić information content (AvgIpc) is 2.81. The molecule has 2 heteroatoms. The Labute approximate surface area is 200 Å². The van der Waals surface area contributed by atoms with E-state index < -0.39 is 0 Å². The Morgan fingerprint density at radius 3 is 2.52 bits per heavy atom. The van der Waals surface area contributed by atoms with Crippen LogP contribution in [0.5, 0.6) is 0 Å². The zero-order chi connectivity index (χ0) is 23.3. The highest BCUT2D eigenvalue weighted by molar-refractivity contribution is 5.66. The molecule has 0 amide bonds. The summed E-state index contributed by atoms with van der Waals surface area (Å²) in [5, 5.41) is 0. The highest BCUT2D eigenvalue weighted by Crippen LogP contribution is 2.56. The van der Waals surface area contributed by atoms with E-state index in [2.05, 4.69) is 80.6 Å². The van der Waals surface area contributed by atoms with Gasteiger partial charge in [-0.15, -0.1) is 0 Å². The molecule has 0 saturated heterocycles. The fraction of sp³-hybridized carbons (Fsp3) is 0.516. The number of hydrogen-bond donors (Lipinski definition) is 0. The van der Waals surface area contributed by atoms with Crippen molar-refractivity contribution in [2.24, 2.45) is 17.3 Å². The van der Waals surface area contributed by atoms with Crippen LogP contribution in [0.15, 0.2) is 60.7 Å². The van der Waals surface area contributed by atoms with E-state index in [1.54, 1.807) is 6.92 Å². The van der Waals surface area contributed by atoms with Gasteiger partial charge >= 0.3 is 5.97 Å². The van der Waals surface area contributed by atoms with Gasteiger partial charge in [-0.2, -0.15) is 0 Å². The van der Waals surface area contributed by atoms with Crippen LogP contribution < -0.4 is 0 Å². The maximum atomic E-state index is 12.3. The molecule has 2 aliphatic carbocycles. The molecule has 2 saturated carbocycles. The minimum absolute atomic E-state index is 0.0249. The van der Waals surface area contributed by atoms with Crippen LogP contribution in [0.2, 0.25) is 0 Å². The van der Waals surface area contributed by atoms with Gasteiger partial charge in [0.1, 0.15) is 6.10 Å². The first-order valence-electron chi connectivity index (χ1n) is 12.9. The van der Waals surface area contributed by atoms with Crippen molar-refractivity contribution in [1.29, 1.82) is 0 Å². The molecule has 4 atom stereocenters. The van der Waals surface area contributed by atoms with Crippen molar-refractivity contribution < 1.29 is 9.53 Å². The highest BCUT2D eigenvalue weighted by Gasteiger charge is 2.52. The van der Waals surface area contributed by atoms with Gasteiger partial charge in [-0.3, -0.25) is 4.79 Å². The molecular weight excluding hydrogens is 404 g/mol. The third kappa shape index (κ3) is 5.60. The lowest BCUT2D eigenvalue weighted by atomic mass is 9.54. The molecule has 0 N–H and O–H groups in total. The van der Waals surface area contributed by atoms with Crippen molar-refractivity contribution in [2.45, 2.75) is 84.2 Å². The number of carbonyl (C=O) groups is 1. The number of hydrogen-bond acceptors (Lipinski definition) is 2. The quantitative estimate of drug-likeness (QED) is 0.421.